The number of aryl methyl sites for hydroxylation is 2. The lowest BCUT2D eigenvalue weighted by Crippen LogP contribution is -2.30. The lowest BCUT2D eigenvalue weighted by atomic mass is 10.1. The van der Waals surface area contributed by atoms with Crippen LogP contribution in [0.5, 0.6) is 5.75 Å². The van der Waals surface area contributed by atoms with E-state index in [-0.39, 0.29) is 6.03 Å². The number of nitrogens with zero attached hydrogens (tertiary/aromatic N) is 1. The molecule has 0 aliphatic carbocycles. The van der Waals surface area contributed by atoms with Crippen molar-refractivity contribution in [3.05, 3.63) is 41.3 Å². The Morgan fingerprint density at radius 2 is 2.00 bits per heavy atom. The number of rotatable bonds is 5. The monoisotopic (exact) mass is 289 g/mol. The summed E-state index contributed by atoms with van der Waals surface area (Å²) in [7, 11) is 1.63. The first-order chi connectivity index (χ1) is 10.1. The second-order valence-electron chi connectivity index (χ2n) is 4.68. The minimum absolute atomic E-state index is 0.266. The molecular weight excluding hydrogens is 270 g/mol. The highest BCUT2D eigenvalue weighted by Gasteiger charge is 2.11. The molecule has 2 amide bonds. The van der Waals surface area contributed by atoms with Gasteiger partial charge in [-0.05, 0) is 38.0 Å². The number of amides is 2. The lowest BCUT2D eigenvalue weighted by Gasteiger charge is -2.07. The molecule has 0 unspecified atom stereocenters. The van der Waals surface area contributed by atoms with Crippen LogP contribution in [-0.2, 0) is 6.42 Å². The Labute approximate surface area is 123 Å². The number of urea groups is 1. The molecule has 2 rings (SSSR count). The molecule has 6 heteroatoms. The summed E-state index contributed by atoms with van der Waals surface area (Å²) in [4.78, 5) is 11.8. The van der Waals surface area contributed by atoms with Crippen LogP contribution in [0.2, 0.25) is 0 Å². The number of ether oxygens (including phenoxy) is 1. The molecule has 2 aromatic rings. The van der Waals surface area contributed by atoms with Gasteiger partial charge in [0, 0.05) is 6.54 Å². The van der Waals surface area contributed by atoms with Gasteiger partial charge in [0.25, 0.3) is 0 Å². The molecule has 1 aromatic carbocycles. The quantitative estimate of drug-likeness (QED) is 0.887. The molecule has 0 fully saturated rings. The van der Waals surface area contributed by atoms with Crippen molar-refractivity contribution in [2.75, 3.05) is 19.0 Å². The van der Waals surface area contributed by atoms with E-state index in [1.54, 1.807) is 21.0 Å². The molecule has 0 bridgehead atoms. The van der Waals surface area contributed by atoms with Gasteiger partial charge in [0.2, 0.25) is 0 Å². The fourth-order valence-electron chi connectivity index (χ4n) is 1.93. The number of methoxy groups -OCH3 is 1. The highest BCUT2D eigenvalue weighted by Crippen LogP contribution is 2.18. The number of anilines is 1. The Balaban J connectivity index is 1.79. The van der Waals surface area contributed by atoms with Gasteiger partial charge in [-0.15, -0.1) is 0 Å². The van der Waals surface area contributed by atoms with Crippen LogP contribution in [0, 0.1) is 13.8 Å². The van der Waals surface area contributed by atoms with Crippen molar-refractivity contribution in [1.29, 1.82) is 0 Å². The predicted molar refractivity (Wildman–Crippen MR) is 79.7 cm³/mol. The first-order valence-electron chi connectivity index (χ1n) is 6.71. The molecule has 112 valence electrons. The number of hydrogen-bond acceptors (Lipinski definition) is 4. The van der Waals surface area contributed by atoms with Crippen LogP contribution in [0.4, 0.5) is 10.5 Å². The summed E-state index contributed by atoms with van der Waals surface area (Å²) in [5.41, 5.74) is 2.42. The third-order valence-corrected chi connectivity index (χ3v) is 3.13. The summed E-state index contributed by atoms with van der Waals surface area (Å²) < 4.78 is 10.1. The van der Waals surface area contributed by atoms with Crippen LogP contribution in [0.3, 0.4) is 0 Å². The minimum atomic E-state index is -0.266. The fraction of sp³-hybridized carbons (Fsp3) is 0.333. The van der Waals surface area contributed by atoms with Gasteiger partial charge in [-0.1, -0.05) is 17.3 Å². The van der Waals surface area contributed by atoms with E-state index in [1.165, 1.54) is 0 Å². The van der Waals surface area contributed by atoms with E-state index in [0.717, 1.165) is 17.7 Å². The summed E-state index contributed by atoms with van der Waals surface area (Å²) >= 11 is 0. The first-order valence-corrected chi connectivity index (χ1v) is 6.71. The Morgan fingerprint density at radius 1 is 1.29 bits per heavy atom. The van der Waals surface area contributed by atoms with E-state index in [9.17, 15) is 4.79 Å². The number of carbonyl (C=O) groups is 1. The maximum absolute atomic E-state index is 11.8. The lowest BCUT2D eigenvalue weighted by molar-refractivity contribution is 0.252. The molecule has 0 saturated carbocycles. The standard InChI is InChI=1S/C15H19N3O3/c1-10-14(11(2)21-18-10)17-15(19)16-9-8-12-4-6-13(20-3)7-5-12/h4-7H,8-9H2,1-3H3,(H2,16,17,19). The van der Waals surface area contributed by atoms with Crippen LogP contribution in [0.1, 0.15) is 17.0 Å². The van der Waals surface area contributed by atoms with Crippen molar-refractivity contribution in [2.45, 2.75) is 20.3 Å². The average Bonchev–Trinajstić information content (AvgIpc) is 2.80. The van der Waals surface area contributed by atoms with Crippen LogP contribution >= 0.6 is 0 Å². The van der Waals surface area contributed by atoms with Crippen LogP contribution in [0.25, 0.3) is 0 Å². The van der Waals surface area contributed by atoms with E-state index in [4.69, 9.17) is 9.26 Å². The largest absolute Gasteiger partial charge is 0.497 e. The predicted octanol–water partition coefficient (Wildman–Crippen LogP) is 2.66. The summed E-state index contributed by atoms with van der Waals surface area (Å²) in [6, 6.07) is 7.50. The van der Waals surface area contributed by atoms with Crippen molar-refractivity contribution in [3.8, 4) is 5.75 Å². The highest BCUT2D eigenvalue weighted by atomic mass is 16.5. The Hall–Kier alpha value is -2.50. The average molecular weight is 289 g/mol. The molecule has 21 heavy (non-hydrogen) atoms. The number of hydrogen-bond donors (Lipinski definition) is 2. The summed E-state index contributed by atoms with van der Waals surface area (Å²) in [6.07, 6.45) is 0.749. The topological polar surface area (TPSA) is 76.4 Å². The second kappa shape index (κ2) is 6.78. The molecule has 0 aliphatic heterocycles. The van der Waals surface area contributed by atoms with Crippen molar-refractivity contribution >= 4 is 11.7 Å². The molecule has 0 atom stereocenters. The summed E-state index contributed by atoms with van der Waals surface area (Å²) in [5.74, 6) is 1.42. The van der Waals surface area contributed by atoms with Crippen molar-refractivity contribution < 1.29 is 14.1 Å². The van der Waals surface area contributed by atoms with Crippen molar-refractivity contribution in [2.24, 2.45) is 0 Å². The smallest absolute Gasteiger partial charge is 0.319 e. The van der Waals surface area contributed by atoms with Crippen LogP contribution in [0.15, 0.2) is 28.8 Å². The SMILES string of the molecule is COc1ccc(CCNC(=O)Nc2c(C)noc2C)cc1. The molecule has 1 heterocycles. The van der Waals surface area contributed by atoms with Crippen molar-refractivity contribution in [3.63, 3.8) is 0 Å². The highest BCUT2D eigenvalue weighted by molar-refractivity contribution is 5.90. The van der Waals surface area contributed by atoms with E-state index < -0.39 is 0 Å². The zero-order valence-electron chi connectivity index (χ0n) is 12.4. The third-order valence-electron chi connectivity index (χ3n) is 3.13. The van der Waals surface area contributed by atoms with E-state index in [0.29, 0.717) is 23.7 Å². The maximum Gasteiger partial charge on any atom is 0.319 e. The van der Waals surface area contributed by atoms with Crippen molar-refractivity contribution in [1.82, 2.24) is 10.5 Å². The Kier molecular flexibility index (Phi) is 4.81. The molecule has 0 aliphatic rings. The normalized spacial score (nSPS) is 10.2. The number of aromatic nitrogens is 1. The molecule has 0 radical (unpaired) electrons. The molecular formula is C15H19N3O3. The molecule has 0 spiro atoms. The summed E-state index contributed by atoms with van der Waals surface area (Å²) in [6.45, 7) is 4.08. The van der Waals surface area contributed by atoms with E-state index in [1.807, 2.05) is 24.3 Å². The fourth-order valence-corrected chi connectivity index (χ4v) is 1.93. The Morgan fingerprint density at radius 3 is 2.57 bits per heavy atom. The number of benzene rings is 1. The van der Waals surface area contributed by atoms with Gasteiger partial charge in [-0.3, -0.25) is 0 Å². The van der Waals surface area contributed by atoms with E-state index >= 15 is 0 Å². The third kappa shape index (κ3) is 3.98. The molecule has 2 N–H and O–H groups in total. The van der Waals surface area contributed by atoms with Gasteiger partial charge in [0.05, 0.1) is 7.11 Å². The second-order valence-corrected chi connectivity index (χ2v) is 4.68. The van der Waals surface area contributed by atoms with Crippen LogP contribution < -0.4 is 15.4 Å². The van der Waals surface area contributed by atoms with Crippen LogP contribution in [-0.4, -0.2) is 24.8 Å². The van der Waals surface area contributed by atoms with Gasteiger partial charge in [0.1, 0.15) is 17.1 Å². The zero-order chi connectivity index (χ0) is 15.2. The maximum atomic E-state index is 11.8. The van der Waals surface area contributed by atoms with Gasteiger partial charge >= 0.3 is 6.03 Å². The number of carbonyl (C=O) groups excluding carboxylic acids is 1. The van der Waals surface area contributed by atoms with Gasteiger partial charge < -0.3 is 19.9 Å². The summed E-state index contributed by atoms with van der Waals surface area (Å²) in [5, 5.41) is 9.32. The molecule has 0 saturated heterocycles. The van der Waals surface area contributed by atoms with Gasteiger partial charge in [-0.2, -0.15) is 0 Å². The molecule has 6 nitrogen and oxygen atoms in total. The van der Waals surface area contributed by atoms with Gasteiger partial charge in [-0.25, -0.2) is 4.79 Å². The minimum Gasteiger partial charge on any atom is -0.497 e. The van der Waals surface area contributed by atoms with E-state index in [2.05, 4.69) is 15.8 Å². The molecule has 1 aromatic heterocycles. The Bertz CT molecular complexity index is 586. The van der Waals surface area contributed by atoms with Gasteiger partial charge in [0.15, 0.2) is 5.76 Å². The first kappa shape index (κ1) is 14.9. The zero-order valence-corrected chi connectivity index (χ0v) is 12.4. The number of nitrogens with one attached hydrogen (secondary N) is 2.